The number of nitrogens with zero attached hydrogens (tertiary/aromatic N) is 9. The molecule has 0 spiro atoms. The van der Waals surface area contributed by atoms with E-state index in [2.05, 4.69) is 134 Å². The van der Waals surface area contributed by atoms with Gasteiger partial charge in [-0.1, -0.05) is 147 Å². The van der Waals surface area contributed by atoms with Gasteiger partial charge in [0.15, 0.2) is 0 Å². The number of thiazole rings is 1. The van der Waals surface area contributed by atoms with Crippen molar-refractivity contribution >= 4 is 33.8 Å². The number of hydrogen-bond donors (Lipinski definition) is 2. The average Bonchev–Trinajstić information content (AvgIpc) is 3.92. The average molecular weight is 864 g/mol. The van der Waals surface area contributed by atoms with Crippen molar-refractivity contribution in [3.8, 4) is 0 Å². The SMILES string of the molecule is CC(C)(C)c1cccnc1.CC(C)(C)c1cncc(F)c1.CC(C)(C)c1cncnc1.CC(C)(C)c1cncs1.CC(C)(C)c1nnc(N)o1.CC(C)(C)c1nnc(N)s1. The van der Waals surface area contributed by atoms with Crippen LogP contribution in [-0.4, -0.2) is 45.3 Å². The quantitative estimate of drug-likeness (QED) is 0.148. The third-order valence-electron chi connectivity index (χ3n) is 7.86. The lowest BCUT2D eigenvalue weighted by molar-refractivity contribution is 0.401. The second-order valence-corrected chi connectivity index (χ2v) is 21.9. The molecule has 0 atom stereocenters. The first-order valence-corrected chi connectivity index (χ1v) is 21.4. The summed E-state index contributed by atoms with van der Waals surface area (Å²) in [7, 11) is 0. The fourth-order valence-corrected chi connectivity index (χ4v) is 5.35. The van der Waals surface area contributed by atoms with Crippen molar-refractivity contribution in [3.05, 3.63) is 112 Å². The van der Waals surface area contributed by atoms with Crippen molar-refractivity contribution in [1.82, 2.24) is 45.3 Å². The fraction of sp³-hybridized carbons (Fsp3) is 0.533. The summed E-state index contributed by atoms with van der Waals surface area (Å²) in [5.74, 6) is 0.308. The minimum Gasteiger partial charge on any atom is -0.408 e. The molecule has 0 amide bonds. The minimum atomic E-state index is -0.266. The molecule has 4 N–H and O–H groups in total. The number of anilines is 2. The molecule has 6 aromatic rings. The fourth-order valence-electron chi connectivity index (χ4n) is 3.98. The molecule has 330 valence electrons. The number of pyridine rings is 2. The number of hydrogen-bond acceptors (Lipinski definition) is 14. The van der Waals surface area contributed by atoms with Crippen molar-refractivity contribution in [1.29, 1.82) is 0 Å². The van der Waals surface area contributed by atoms with E-state index in [9.17, 15) is 4.39 Å². The second-order valence-electron chi connectivity index (χ2n) is 20.0. The predicted molar refractivity (Wildman–Crippen MR) is 248 cm³/mol. The number of halogens is 1. The van der Waals surface area contributed by atoms with Crippen LogP contribution in [0.4, 0.5) is 15.5 Å². The van der Waals surface area contributed by atoms with Gasteiger partial charge in [-0.25, -0.2) is 14.4 Å². The van der Waals surface area contributed by atoms with Crippen molar-refractivity contribution in [2.45, 2.75) is 157 Å². The highest BCUT2D eigenvalue weighted by molar-refractivity contribution is 7.15. The zero-order chi connectivity index (χ0) is 46.2. The molecule has 6 rings (SSSR count). The minimum absolute atomic E-state index is 0.0188. The predicted octanol–water partition coefficient (Wildman–Crippen LogP) is 11.5. The summed E-state index contributed by atoms with van der Waals surface area (Å²) in [6.07, 6.45) is 13.8. The molecule has 6 heterocycles. The molecular weight excluding hydrogens is 794 g/mol. The third kappa shape index (κ3) is 21.5. The van der Waals surface area contributed by atoms with Crippen LogP contribution >= 0.6 is 22.7 Å². The monoisotopic (exact) mass is 864 g/mol. The van der Waals surface area contributed by atoms with E-state index in [0.29, 0.717) is 11.0 Å². The lowest BCUT2D eigenvalue weighted by Gasteiger charge is -2.17. The van der Waals surface area contributed by atoms with Crippen molar-refractivity contribution in [2.24, 2.45) is 0 Å². The normalized spacial score (nSPS) is 11.7. The first-order valence-electron chi connectivity index (χ1n) is 19.7. The molecular formula is C45H70FN11OS2. The molecule has 12 nitrogen and oxygen atoms in total. The lowest BCUT2D eigenvalue weighted by Crippen LogP contribution is -2.11. The highest BCUT2D eigenvalue weighted by Crippen LogP contribution is 2.27. The molecule has 0 fully saturated rings. The molecule has 0 saturated heterocycles. The maximum atomic E-state index is 12.6. The molecule has 0 aliphatic carbocycles. The van der Waals surface area contributed by atoms with Gasteiger partial charge in [-0.3, -0.25) is 15.0 Å². The van der Waals surface area contributed by atoms with E-state index < -0.39 is 0 Å². The Morgan fingerprint density at radius 2 is 1.08 bits per heavy atom. The van der Waals surface area contributed by atoms with Gasteiger partial charge in [-0.2, -0.15) is 0 Å². The maximum absolute atomic E-state index is 12.6. The van der Waals surface area contributed by atoms with E-state index in [-0.39, 0.29) is 44.3 Å². The summed E-state index contributed by atoms with van der Waals surface area (Å²) in [5, 5.41) is 16.5. The Morgan fingerprint density at radius 1 is 0.533 bits per heavy atom. The lowest BCUT2D eigenvalue weighted by atomic mass is 9.88. The Bertz CT molecular complexity index is 1950. The van der Waals surface area contributed by atoms with Gasteiger partial charge in [-0.15, -0.1) is 26.6 Å². The Labute approximate surface area is 366 Å². The molecule has 60 heavy (non-hydrogen) atoms. The number of nitrogens with two attached hydrogens (primary N) is 2. The molecule has 0 saturated carbocycles. The van der Waals surface area contributed by atoms with Crippen molar-refractivity contribution < 1.29 is 8.81 Å². The first-order chi connectivity index (χ1) is 27.3. The van der Waals surface area contributed by atoms with Crippen molar-refractivity contribution in [2.75, 3.05) is 11.5 Å². The maximum Gasteiger partial charge on any atom is 0.312 e. The summed E-state index contributed by atoms with van der Waals surface area (Å²) in [6, 6.07) is 5.73. The Morgan fingerprint density at radius 3 is 1.35 bits per heavy atom. The van der Waals surface area contributed by atoms with Crippen LogP contribution in [0.3, 0.4) is 0 Å². The number of rotatable bonds is 0. The smallest absolute Gasteiger partial charge is 0.312 e. The first kappa shape index (κ1) is 53.3. The van der Waals surface area contributed by atoms with Gasteiger partial charge in [0, 0.05) is 52.9 Å². The third-order valence-corrected chi connectivity index (χ3v) is 10.2. The largest absolute Gasteiger partial charge is 0.408 e. The van der Waals surface area contributed by atoms with Gasteiger partial charge in [0.2, 0.25) is 11.0 Å². The number of aromatic nitrogens is 9. The Kier molecular flexibility index (Phi) is 20.2. The van der Waals surface area contributed by atoms with Gasteiger partial charge in [0.05, 0.1) is 11.7 Å². The summed E-state index contributed by atoms with van der Waals surface area (Å²) in [4.78, 5) is 21.1. The summed E-state index contributed by atoms with van der Waals surface area (Å²) >= 11 is 3.17. The topological polar surface area (TPSA) is 181 Å². The van der Waals surface area contributed by atoms with Gasteiger partial charge in [-0.05, 0) is 50.5 Å². The van der Waals surface area contributed by atoms with E-state index in [0.717, 1.165) is 10.6 Å². The standard InChI is InChI=1S/C9H12FN.C9H13N.C8H12N2.C7H11NS.C6H11N3O.C6H11N3S/c1-9(2,3)7-4-8(10)6-11-5-7;1-9(2,3)8-5-4-6-10-7-8;1-8(2,3)7-4-9-6-10-5-7;1-7(2,3)6-4-8-5-9-6;2*1-6(2,3)4-8-9-5(7)10-4/h4-6H,1-3H3;4-7H,1-3H3;4-6H,1-3H3;4-5H,1-3H3;2*1-3H3,(H2,7,9). The van der Waals surface area contributed by atoms with Crippen LogP contribution in [0, 0.1) is 5.82 Å². The zero-order valence-corrected chi connectivity index (χ0v) is 40.8. The van der Waals surface area contributed by atoms with E-state index in [1.165, 1.54) is 39.6 Å². The van der Waals surface area contributed by atoms with E-state index in [1.807, 2.05) is 77.9 Å². The van der Waals surface area contributed by atoms with Crippen LogP contribution in [0.25, 0.3) is 0 Å². The van der Waals surface area contributed by atoms with Gasteiger partial charge >= 0.3 is 6.01 Å². The molecule has 0 aromatic carbocycles. The van der Waals surface area contributed by atoms with E-state index >= 15 is 0 Å². The van der Waals surface area contributed by atoms with Crippen LogP contribution in [0.1, 0.15) is 157 Å². The van der Waals surface area contributed by atoms with Crippen molar-refractivity contribution in [3.63, 3.8) is 0 Å². The highest BCUT2D eigenvalue weighted by atomic mass is 32.1. The molecule has 0 aliphatic rings. The van der Waals surface area contributed by atoms with E-state index in [1.54, 1.807) is 30.1 Å². The molecule has 6 aromatic heterocycles. The highest BCUT2D eigenvalue weighted by Gasteiger charge is 2.21. The Hall–Kier alpha value is -4.76. The Balaban J connectivity index is 0.000000360. The van der Waals surface area contributed by atoms with Gasteiger partial charge < -0.3 is 15.9 Å². The molecule has 15 heteroatoms. The van der Waals surface area contributed by atoms with Gasteiger partial charge in [0.25, 0.3) is 0 Å². The molecule has 0 aliphatic heterocycles. The zero-order valence-electron chi connectivity index (χ0n) is 39.2. The van der Waals surface area contributed by atoms with Crippen LogP contribution in [-0.2, 0) is 32.5 Å². The summed E-state index contributed by atoms with van der Waals surface area (Å²) < 4.78 is 17.6. The molecule has 0 unspecified atom stereocenters. The van der Waals surface area contributed by atoms with Crippen LogP contribution in [0.15, 0.2) is 77.8 Å². The van der Waals surface area contributed by atoms with Crippen LogP contribution < -0.4 is 11.5 Å². The van der Waals surface area contributed by atoms with Crippen LogP contribution in [0.2, 0.25) is 0 Å². The van der Waals surface area contributed by atoms with Gasteiger partial charge in [0.1, 0.15) is 17.2 Å². The molecule has 0 radical (unpaired) electrons. The second kappa shape index (κ2) is 22.7. The van der Waals surface area contributed by atoms with Crippen LogP contribution in [0.5, 0.6) is 0 Å². The van der Waals surface area contributed by atoms with E-state index in [4.69, 9.17) is 15.9 Å². The number of nitrogen functional groups attached to an aromatic ring is 2. The summed E-state index contributed by atoms with van der Waals surface area (Å²) in [6.45, 7) is 37.9. The molecule has 0 bridgehead atoms. The summed E-state index contributed by atoms with van der Waals surface area (Å²) in [5.41, 5.74) is 16.6.